The lowest BCUT2D eigenvalue weighted by molar-refractivity contribution is -0.113. The Hall–Kier alpha value is -1.21. The van der Waals surface area contributed by atoms with Crippen LogP contribution in [0.3, 0.4) is 0 Å². The van der Waals surface area contributed by atoms with Crippen LogP contribution in [0.15, 0.2) is 18.2 Å². The zero-order valence-electron chi connectivity index (χ0n) is 10.7. The fourth-order valence-corrected chi connectivity index (χ4v) is 2.96. The quantitative estimate of drug-likeness (QED) is 0.869. The Morgan fingerprint density at radius 3 is 2.50 bits per heavy atom. The molecule has 0 spiro atoms. The van der Waals surface area contributed by atoms with Gasteiger partial charge in [-0.25, -0.2) is 8.78 Å². The van der Waals surface area contributed by atoms with Gasteiger partial charge in [0.2, 0.25) is 5.91 Å². The van der Waals surface area contributed by atoms with Crippen LogP contribution in [0.5, 0.6) is 0 Å². The molecule has 1 aliphatic heterocycles. The molecule has 0 bridgehead atoms. The number of carbonyl (C=O) groups is 1. The number of hydrogen-bond donors (Lipinski definition) is 1. The second kappa shape index (κ2) is 6.99. The van der Waals surface area contributed by atoms with Gasteiger partial charge < -0.3 is 10.2 Å². The summed E-state index contributed by atoms with van der Waals surface area (Å²) < 4.78 is 27.4. The van der Waals surface area contributed by atoms with Gasteiger partial charge in [0.25, 0.3) is 0 Å². The maximum absolute atomic E-state index is 13.4. The molecule has 0 radical (unpaired) electrons. The molecule has 0 unspecified atom stereocenters. The Bertz CT molecular complexity index is 499. The van der Waals surface area contributed by atoms with Crippen LogP contribution in [0.1, 0.15) is 12.8 Å². The van der Waals surface area contributed by atoms with Crippen molar-refractivity contribution in [1.29, 1.82) is 0 Å². The third-order valence-corrected chi connectivity index (χ3v) is 4.44. The van der Waals surface area contributed by atoms with E-state index in [0.717, 1.165) is 38.1 Å². The fraction of sp³-hybridized carbons (Fsp3) is 0.385. The summed E-state index contributed by atoms with van der Waals surface area (Å²) in [6, 6.07) is 3.44. The topological polar surface area (TPSA) is 32.3 Å². The molecule has 1 aliphatic rings. The summed E-state index contributed by atoms with van der Waals surface area (Å²) in [6.45, 7) is 1.82. The highest BCUT2D eigenvalue weighted by Gasteiger charge is 2.17. The number of carbonyl (C=O) groups excluding carboxylic acids is 1. The molecule has 2 rings (SSSR count). The largest absolute Gasteiger partial charge is 0.358 e. The van der Waals surface area contributed by atoms with Crippen LogP contribution < -0.4 is 5.32 Å². The molecule has 1 amide bonds. The van der Waals surface area contributed by atoms with Gasteiger partial charge in [-0.15, -0.1) is 0 Å². The van der Waals surface area contributed by atoms with Gasteiger partial charge in [-0.05, 0) is 25.0 Å². The van der Waals surface area contributed by atoms with Gasteiger partial charge in [-0.1, -0.05) is 30.0 Å². The second-order valence-electron chi connectivity index (χ2n) is 4.39. The first kappa shape index (κ1) is 15.2. The average molecular weight is 316 g/mol. The van der Waals surface area contributed by atoms with E-state index in [2.05, 4.69) is 5.32 Å². The first-order valence-electron chi connectivity index (χ1n) is 6.23. The summed E-state index contributed by atoms with van der Waals surface area (Å²) in [4.78, 5) is 13.7. The molecule has 1 N–H and O–H groups in total. The molecule has 0 saturated carbocycles. The van der Waals surface area contributed by atoms with Gasteiger partial charge in [0, 0.05) is 13.1 Å². The first-order valence-corrected chi connectivity index (χ1v) is 7.63. The lowest BCUT2D eigenvalue weighted by Gasteiger charge is -2.17. The Balaban J connectivity index is 1.85. The number of nitrogens with zero attached hydrogens (tertiary/aromatic N) is 1. The molecule has 1 saturated heterocycles. The number of thioether (sulfide) groups is 1. The van der Waals surface area contributed by atoms with Crippen molar-refractivity contribution < 1.29 is 13.6 Å². The van der Waals surface area contributed by atoms with Crippen LogP contribution in [-0.2, 0) is 4.79 Å². The zero-order valence-corrected chi connectivity index (χ0v) is 12.3. The zero-order chi connectivity index (χ0) is 14.5. The number of para-hydroxylation sites is 1. The summed E-state index contributed by atoms with van der Waals surface area (Å²) >= 11 is 6.42. The molecule has 1 aromatic rings. The number of thiocarbonyl (C=S) groups is 1. The Labute approximate surface area is 125 Å². The van der Waals surface area contributed by atoms with Gasteiger partial charge in [0.15, 0.2) is 0 Å². The highest BCUT2D eigenvalue weighted by molar-refractivity contribution is 8.23. The number of hydrogen-bond acceptors (Lipinski definition) is 3. The number of benzene rings is 1. The maximum Gasteiger partial charge on any atom is 0.234 e. The standard InChI is InChI=1S/C13H14F2N2OS2/c14-9-4-3-5-10(15)12(9)16-11(18)8-20-13(19)17-6-1-2-7-17/h3-5H,1-2,6-8H2,(H,16,18). The first-order chi connectivity index (χ1) is 9.58. The van der Waals surface area contributed by atoms with Crippen LogP contribution in [-0.4, -0.2) is 34.0 Å². The second-order valence-corrected chi connectivity index (χ2v) is 6.00. The van der Waals surface area contributed by atoms with Gasteiger partial charge >= 0.3 is 0 Å². The van der Waals surface area contributed by atoms with Crippen molar-refractivity contribution in [3.05, 3.63) is 29.8 Å². The van der Waals surface area contributed by atoms with E-state index in [1.54, 1.807) is 0 Å². The van der Waals surface area contributed by atoms with Crippen molar-refractivity contribution in [3.8, 4) is 0 Å². The van der Waals surface area contributed by atoms with Crippen molar-refractivity contribution in [1.82, 2.24) is 4.90 Å². The molecule has 3 nitrogen and oxygen atoms in total. The molecule has 20 heavy (non-hydrogen) atoms. The third kappa shape index (κ3) is 3.89. The predicted octanol–water partition coefficient (Wildman–Crippen LogP) is 3.02. The minimum Gasteiger partial charge on any atom is -0.358 e. The summed E-state index contributed by atoms with van der Waals surface area (Å²) in [6.07, 6.45) is 2.21. The fourth-order valence-electron chi connectivity index (χ4n) is 1.91. The van der Waals surface area contributed by atoms with E-state index in [-0.39, 0.29) is 5.75 Å². The molecular weight excluding hydrogens is 302 g/mol. The number of amides is 1. The molecular formula is C13H14F2N2OS2. The van der Waals surface area contributed by atoms with Crippen LogP contribution in [0.25, 0.3) is 0 Å². The predicted molar refractivity (Wildman–Crippen MR) is 80.9 cm³/mol. The van der Waals surface area contributed by atoms with Crippen LogP contribution in [0, 0.1) is 11.6 Å². The normalized spacial score (nSPS) is 14.4. The van der Waals surface area contributed by atoms with Crippen molar-refractivity contribution in [2.24, 2.45) is 0 Å². The van der Waals surface area contributed by atoms with Gasteiger partial charge in [0.1, 0.15) is 21.6 Å². The molecule has 1 heterocycles. The maximum atomic E-state index is 13.4. The van der Waals surface area contributed by atoms with E-state index in [9.17, 15) is 13.6 Å². The molecule has 108 valence electrons. The van der Waals surface area contributed by atoms with Crippen molar-refractivity contribution in [2.75, 3.05) is 24.2 Å². The number of nitrogens with one attached hydrogen (secondary N) is 1. The number of likely N-dealkylation sites (tertiary alicyclic amines) is 1. The van der Waals surface area contributed by atoms with Crippen LogP contribution in [0.4, 0.5) is 14.5 Å². The van der Waals surface area contributed by atoms with E-state index in [1.165, 1.54) is 17.8 Å². The molecule has 7 heteroatoms. The van der Waals surface area contributed by atoms with E-state index in [0.29, 0.717) is 4.32 Å². The van der Waals surface area contributed by atoms with Gasteiger partial charge in [0.05, 0.1) is 5.75 Å². The summed E-state index contributed by atoms with van der Waals surface area (Å²) in [5.74, 6) is -2.00. The highest BCUT2D eigenvalue weighted by atomic mass is 32.2. The lowest BCUT2D eigenvalue weighted by Crippen LogP contribution is -2.25. The molecule has 0 aromatic heterocycles. The van der Waals surface area contributed by atoms with Crippen LogP contribution >= 0.6 is 24.0 Å². The van der Waals surface area contributed by atoms with E-state index in [1.807, 2.05) is 4.90 Å². The van der Waals surface area contributed by atoms with Crippen molar-refractivity contribution >= 4 is 39.9 Å². The number of halogens is 2. The Morgan fingerprint density at radius 1 is 1.30 bits per heavy atom. The van der Waals surface area contributed by atoms with E-state index < -0.39 is 23.2 Å². The number of anilines is 1. The summed E-state index contributed by atoms with van der Waals surface area (Å²) in [5.41, 5.74) is -0.412. The van der Waals surface area contributed by atoms with Gasteiger partial charge in [-0.3, -0.25) is 4.79 Å². The van der Waals surface area contributed by atoms with Gasteiger partial charge in [-0.2, -0.15) is 0 Å². The molecule has 0 atom stereocenters. The molecule has 1 aromatic carbocycles. The average Bonchev–Trinajstić information content (AvgIpc) is 2.94. The minimum atomic E-state index is -0.787. The summed E-state index contributed by atoms with van der Waals surface area (Å²) in [7, 11) is 0. The number of rotatable bonds is 3. The monoisotopic (exact) mass is 316 g/mol. The minimum absolute atomic E-state index is 0.0447. The van der Waals surface area contributed by atoms with E-state index >= 15 is 0 Å². The summed E-state index contributed by atoms with van der Waals surface area (Å²) in [5, 5.41) is 2.24. The van der Waals surface area contributed by atoms with Crippen molar-refractivity contribution in [2.45, 2.75) is 12.8 Å². The highest BCUT2D eigenvalue weighted by Crippen LogP contribution is 2.19. The smallest absolute Gasteiger partial charge is 0.234 e. The Kier molecular flexibility index (Phi) is 5.31. The Morgan fingerprint density at radius 2 is 1.90 bits per heavy atom. The molecule has 0 aliphatic carbocycles. The third-order valence-electron chi connectivity index (χ3n) is 2.92. The van der Waals surface area contributed by atoms with Crippen LogP contribution in [0.2, 0.25) is 0 Å². The SMILES string of the molecule is O=C(CSC(=S)N1CCCC1)Nc1c(F)cccc1F. The molecule has 1 fully saturated rings. The van der Waals surface area contributed by atoms with Crippen molar-refractivity contribution in [3.63, 3.8) is 0 Å². The lowest BCUT2D eigenvalue weighted by atomic mass is 10.3. The van der Waals surface area contributed by atoms with E-state index in [4.69, 9.17) is 12.2 Å².